The van der Waals surface area contributed by atoms with E-state index in [1.54, 1.807) is 19.2 Å². The molecule has 0 aliphatic heterocycles. The van der Waals surface area contributed by atoms with Crippen molar-refractivity contribution < 1.29 is 4.74 Å². The van der Waals surface area contributed by atoms with Crippen molar-refractivity contribution in [1.29, 1.82) is 5.26 Å². The third-order valence-electron chi connectivity index (χ3n) is 2.20. The predicted octanol–water partition coefficient (Wildman–Crippen LogP) is 1.22. The van der Waals surface area contributed by atoms with Gasteiger partial charge in [-0.25, -0.2) is 0 Å². The molecule has 0 saturated carbocycles. The van der Waals surface area contributed by atoms with Crippen molar-refractivity contribution in [3.63, 3.8) is 0 Å². The van der Waals surface area contributed by atoms with Crippen molar-refractivity contribution in [2.45, 2.75) is 0 Å². The van der Waals surface area contributed by atoms with Crippen molar-refractivity contribution in [2.75, 3.05) is 37.9 Å². The van der Waals surface area contributed by atoms with Gasteiger partial charge in [0.05, 0.1) is 29.6 Å². The molecule has 2 N–H and O–H groups in total. The second kappa shape index (κ2) is 5.23. The van der Waals surface area contributed by atoms with Crippen molar-refractivity contribution >= 4 is 11.4 Å². The van der Waals surface area contributed by atoms with E-state index in [-0.39, 0.29) is 0 Å². The second-order valence-electron chi connectivity index (χ2n) is 3.30. The standard InChI is InChI=1S/C11H15N3O/c1-14(5-6-15-2)11-4-3-9(8-12)7-10(11)13/h3-4,7H,5-6,13H2,1-2H3. The first kappa shape index (κ1) is 11.3. The van der Waals surface area contributed by atoms with Gasteiger partial charge in [-0.3, -0.25) is 0 Å². The molecule has 0 radical (unpaired) electrons. The van der Waals surface area contributed by atoms with E-state index in [0.29, 0.717) is 17.9 Å². The lowest BCUT2D eigenvalue weighted by atomic mass is 10.2. The van der Waals surface area contributed by atoms with E-state index in [1.807, 2.05) is 18.0 Å². The molecule has 0 fully saturated rings. The summed E-state index contributed by atoms with van der Waals surface area (Å²) in [5.74, 6) is 0. The van der Waals surface area contributed by atoms with E-state index in [9.17, 15) is 0 Å². The summed E-state index contributed by atoms with van der Waals surface area (Å²) in [7, 11) is 3.60. The summed E-state index contributed by atoms with van der Waals surface area (Å²) < 4.78 is 4.98. The first-order chi connectivity index (χ1) is 7.19. The van der Waals surface area contributed by atoms with Crippen LogP contribution in [0.15, 0.2) is 18.2 Å². The molecule has 1 rings (SSSR count). The number of ether oxygens (including phenoxy) is 1. The van der Waals surface area contributed by atoms with Gasteiger partial charge in [0.1, 0.15) is 0 Å². The highest BCUT2D eigenvalue weighted by Crippen LogP contribution is 2.22. The molecule has 1 aromatic rings. The Morgan fingerprint density at radius 3 is 2.80 bits per heavy atom. The van der Waals surface area contributed by atoms with Crippen LogP contribution in [0.1, 0.15) is 5.56 Å². The summed E-state index contributed by atoms with van der Waals surface area (Å²) in [6.07, 6.45) is 0. The van der Waals surface area contributed by atoms with E-state index in [2.05, 4.69) is 6.07 Å². The number of anilines is 2. The summed E-state index contributed by atoms with van der Waals surface area (Å²) in [6, 6.07) is 7.34. The van der Waals surface area contributed by atoms with Crippen LogP contribution in [-0.2, 0) is 4.74 Å². The molecule has 0 saturated heterocycles. The van der Waals surface area contributed by atoms with E-state index in [0.717, 1.165) is 12.2 Å². The van der Waals surface area contributed by atoms with Crippen molar-refractivity contribution in [2.24, 2.45) is 0 Å². The highest BCUT2D eigenvalue weighted by Gasteiger charge is 2.05. The van der Waals surface area contributed by atoms with Crippen LogP contribution in [0.3, 0.4) is 0 Å². The number of likely N-dealkylation sites (N-methyl/N-ethyl adjacent to an activating group) is 1. The monoisotopic (exact) mass is 205 g/mol. The molecule has 0 aliphatic carbocycles. The first-order valence-electron chi connectivity index (χ1n) is 4.68. The highest BCUT2D eigenvalue weighted by molar-refractivity contribution is 5.69. The lowest BCUT2D eigenvalue weighted by Crippen LogP contribution is -2.22. The summed E-state index contributed by atoms with van der Waals surface area (Å²) in [5, 5.41) is 8.69. The van der Waals surface area contributed by atoms with Gasteiger partial charge in [0.25, 0.3) is 0 Å². The van der Waals surface area contributed by atoms with E-state index < -0.39 is 0 Å². The number of rotatable bonds is 4. The Balaban J connectivity index is 2.82. The summed E-state index contributed by atoms with van der Waals surface area (Å²) >= 11 is 0. The molecule has 4 heteroatoms. The fraction of sp³-hybridized carbons (Fsp3) is 0.364. The smallest absolute Gasteiger partial charge is 0.0992 e. The molecular formula is C11H15N3O. The fourth-order valence-corrected chi connectivity index (χ4v) is 1.32. The van der Waals surface area contributed by atoms with Gasteiger partial charge < -0.3 is 15.4 Å². The quantitative estimate of drug-likeness (QED) is 0.751. The maximum absolute atomic E-state index is 8.69. The van der Waals surface area contributed by atoms with Crippen molar-refractivity contribution in [3.05, 3.63) is 23.8 Å². The molecule has 1 aromatic carbocycles. The van der Waals surface area contributed by atoms with Gasteiger partial charge >= 0.3 is 0 Å². The van der Waals surface area contributed by atoms with Gasteiger partial charge in [0.2, 0.25) is 0 Å². The minimum absolute atomic E-state index is 0.580. The molecule has 4 nitrogen and oxygen atoms in total. The van der Waals surface area contributed by atoms with E-state index >= 15 is 0 Å². The average Bonchev–Trinajstić information content (AvgIpc) is 2.25. The number of hydrogen-bond donors (Lipinski definition) is 1. The molecule has 0 amide bonds. The number of nitrogens with two attached hydrogens (primary N) is 1. The first-order valence-corrected chi connectivity index (χ1v) is 4.68. The van der Waals surface area contributed by atoms with Crippen molar-refractivity contribution in [1.82, 2.24) is 0 Å². The molecule has 0 spiro atoms. The zero-order valence-electron chi connectivity index (χ0n) is 9.03. The van der Waals surface area contributed by atoms with Crippen LogP contribution in [-0.4, -0.2) is 27.3 Å². The van der Waals surface area contributed by atoms with E-state index in [1.165, 1.54) is 0 Å². The third-order valence-corrected chi connectivity index (χ3v) is 2.20. The normalized spacial score (nSPS) is 9.67. The summed E-state index contributed by atoms with van der Waals surface area (Å²) in [5.41, 5.74) is 7.96. The number of nitrogens with zero attached hydrogens (tertiary/aromatic N) is 2. The minimum Gasteiger partial charge on any atom is -0.397 e. The topological polar surface area (TPSA) is 62.3 Å². The van der Waals surface area contributed by atoms with Crippen LogP contribution in [0.2, 0.25) is 0 Å². The molecule has 0 bridgehead atoms. The van der Waals surface area contributed by atoms with Gasteiger partial charge in [0, 0.05) is 20.7 Å². The number of hydrogen-bond acceptors (Lipinski definition) is 4. The van der Waals surface area contributed by atoms with Crippen LogP contribution >= 0.6 is 0 Å². The van der Waals surface area contributed by atoms with E-state index in [4.69, 9.17) is 15.7 Å². The molecule has 0 atom stereocenters. The van der Waals surface area contributed by atoms with Crippen LogP contribution in [0.5, 0.6) is 0 Å². The van der Waals surface area contributed by atoms with Crippen LogP contribution < -0.4 is 10.6 Å². The summed E-state index contributed by atoms with van der Waals surface area (Å²) in [4.78, 5) is 2.00. The molecule has 0 unspecified atom stereocenters. The molecule has 80 valence electrons. The SMILES string of the molecule is COCCN(C)c1ccc(C#N)cc1N. The fourth-order valence-electron chi connectivity index (χ4n) is 1.32. The van der Waals surface area contributed by atoms with Crippen molar-refractivity contribution in [3.8, 4) is 6.07 Å². The Morgan fingerprint density at radius 2 is 2.27 bits per heavy atom. The van der Waals surface area contributed by atoms with Gasteiger partial charge in [-0.15, -0.1) is 0 Å². The van der Waals surface area contributed by atoms with Gasteiger partial charge in [-0.2, -0.15) is 5.26 Å². The summed E-state index contributed by atoms with van der Waals surface area (Å²) in [6.45, 7) is 1.42. The maximum Gasteiger partial charge on any atom is 0.0992 e. The number of methoxy groups -OCH3 is 1. The molecule has 15 heavy (non-hydrogen) atoms. The Labute approximate surface area is 89.9 Å². The second-order valence-corrected chi connectivity index (χ2v) is 3.30. The zero-order valence-corrected chi connectivity index (χ0v) is 9.03. The van der Waals surface area contributed by atoms with Crippen LogP contribution in [0.4, 0.5) is 11.4 Å². The van der Waals surface area contributed by atoms with Gasteiger partial charge in [-0.05, 0) is 18.2 Å². The highest BCUT2D eigenvalue weighted by atomic mass is 16.5. The third kappa shape index (κ3) is 2.86. The largest absolute Gasteiger partial charge is 0.397 e. The number of nitrogen functional groups attached to an aromatic ring is 1. The number of nitriles is 1. The Kier molecular flexibility index (Phi) is 3.95. The van der Waals surface area contributed by atoms with Gasteiger partial charge in [0.15, 0.2) is 0 Å². The number of benzene rings is 1. The molecule has 0 aliphatic rings. The Morgan fingerprint density at radius 1 is 1.53 bits per heavy atom. The lowest BCUT2D eigenvalue weighted by Gasteiger charge is -2.20. The molecular weight excluding hydrogens is 190 g/mol. The molecule has 0 aromatic heterocycles. The zero-order chi connectivity index (χ0) is 11.3. The molecule has 0 heterocycles. The average molecular weight is 205 g/mol. The van der Waals surface area contributed by atoms with Gasteiger partial charge in [-0.1, -0.05) is 0 Å². The van der Waals surface area contributed by atoms with Crippen LogP contribution in [0, 0.1) is 11.3 Å². The minimum atomic E-state index is 0.580. The predicted molar refractivity (Wildman–Crippen MR) is 60.7 cm³/mol. The Bertz CT molecular complexity index is 371. The Hall–Kier alpha value is -1.73. The maximum atomic E-state index is 8.69. The lowest BCUT2D eigenvalue weighted by molar-refractivity contribution is 0.206. The van der Waals surface area contributed by atoms with Crippen LogP contribution in [0.25, 0.3) is 0 Å².